The van der Waals surface area contributed by atoms with Crippen LogP contribution >= 0.6 is 0 Å². The normalized spacial score (nSPS) is 10.8. The summed E-state index contributed by atoms with van der Waals surface area (Å²) in [5.74, 6) is 1.54. The van der Waals surface area contributed by atoms with Gasteiger partial charge in [-0.1, -0.05) is 0 Å². The average molecular weight is 215 g/mol. The van der Waals surface area contributed by atoms with Crippen LogP contribution in [0.4, 0.5) is 5.82 Å². The molecule has 0 saturated heterocycles. The summed E-state index contributed by atoms with van der Waals surface area (Å²) in [6, 6.07) is 0. The molecule has 2 N–H and O–H groups in total. The van der Waals surface area contributed by atoms with Crippen molar-refractivity contribution >= 4 is 11.5 Å². The zero-order valence-corrected chi connectivity index (χ0v) is 8.33. The number of hydrogen-bond donors (Lipinski definition) is 2. The summed E-state index contributed by atoms with van der Waals surface area (Å²) in [6.45, 7) is 0.576. The molecule has 3 heterocycles. The molecule has 0 aliphatic heterocycles. The molecule has 0 aromatic carbocycles. The van der Waals surface area contributed by atoms with E-state index in [0.29, 0.717) is 18.0 Å². The maximum atomic E-state index is 4.20. The molecule has 7 nitrogen and oxygen atoms in total. The maximum Gasteiger partial charge on any atom is 0.203 e. The predicted molar refractivity (Wildman–Crippen MR) is 56.7 cm³/mol. The van der Waals surface area contributed by atoms with Crippen LogP contribution in [0.3, 0.4) is 0 Å². The topological polar surface area (TPSA) is 83.8 Å². The number of H-pyrrole nitrogens is 1. The summed E-state index contributed by atoms with van der Waals surface area (Å²) in [5.41, 5.74) is 0.703. The van der Waals surface area contributed by atoms with Crippen molar-refractivity contribution in [2.24, 2.45) is 0 Å². The van der Waals surface area contributed by atoms with Crippen molar-refractivity contribution in [1.82, 2.24) is 29.5 Å². The highest BCUT2D eigenvalue weighted by molar-refractivity contribution is 5.61. The van der Waals surface area contributed by atoms with Crippen molar-refractivity contribution in [2.75, 3.05) is 5.32 Å². The Kier molecular flexibility index (Phi) is 1.99. The van der Waals surface area contributed by atoms with Crippen LogP contribution in [-0.2, 0) is 6.54 Å². The van der Waals surface area contributed by atoms with Gasteiger partial charge in [-0.3, -0.25) is 4.40 Å². The molecule has 0 atom stereocenters. The standard InChI is InChI=1S/C9H9N7/c1-2-11-7(10-1)5-13-8-9-15-14-6-16(9)4-3-12-8/h1-4,6H,5H2,(H,10,11)(H,12,13). The number of nitrogens with zero attached hydrogens (tertiary/aromatic N) is 5. The monoisotopic (exact) mass is 215 g/mol. The fourth-order valence-electron chi connectivity index (χ4n) is 1.45. The van der Waals surface area contributed by atoms with Gasteiger partial charge >= 0.3 is 0 Å². The van der Waals surface area contributed by atoms with Gasteiger partial charge in [-0.25, -0.2) is 9.97 Å². The van der Waals surface area contributed by atoms with Crippen LogP contribution in [0.25, 0.3) is 5.65 Å². The molecule has 0 unspecified atom stereocenters. The van der Waals surface area contributed by atoms with Gasteiger partial charge in [0, 0.05) is 24.8 Å². The summed E-state index contributed by atoms with van der Waals surface area (Å²) in [4.78, 5) is 11.3. The van der Waals surface area contributed by atoms with E-state index in [4.69, 9.17) is 0 Å². The van der Waals surface area contributed by atoms with Crippen LogP contribution < -0.4 is 5.32 Å². The van der Waals surface area contributed by atoms with Crippen molar-refractivity contribution in [3.63, 3.8) is 0 Å². The summed E-state index contributed by atoms with van der Waals surface area (Å²) < 4.78 is 1.80. The van der Waals surface area contributed by atoms with Gasteiger partial charge < -0.3 is 10.3 Å². The van der Waals surface area contributed by atoms with Gasteiger partial charge in [-0.2, -0.15) is 0 Å². The molecule has 0 spiro atoms. The van der Waals surface area contributed by atoms with Gasteiger partial charge in [0.25, 0.3) is 0 Å². The number of anilines is 1. The zero-order chi connectivity index (χ0) is 10.8. The first-order valence-electron chi connectivity index (χ1n) is 4.80. The Morgan fingerprint density at radius 2 is 2.31 bits per heavy atom. The molecule has 0 saturated carbocycles. The van der Waals surface area contributed by atoms with E-state index < -0.39 is 0 Å². The van der Waals surface area contributed by atoms with E-state index in [-0.39, 0.29) is 0 Å². The number of imidazole rings is 1. The van der Waals surface area contributed by atoms with Crippen LogP contribution in [0, 0.1) is 0 Å². The second kappa shape index (κ2) is 3.61. The van der Waals surface area contributed by atoms with Gasteiger partial charge in [0.15, 0.2) is 5.82 Å². The molecule has 0 bridgehead atoms. The van der Waals surface area contributed by atoms with Crippen molar-refractivity contribution in [2.45, 2.75) is 6.54 Å². The van der Waals surface area contributed by atoms with E-state index in [1.54, 1.807) is 35.5 Å². The average Bonchev–Trinajstić information content (AvgIpc) is 2.97. The van der Waals surface area contributed by atoms with Crippen LogP contribution in [-0.4, -0.2) is 29.5 Å². The number of aromatic amines is 1. The SMILES string of the molecule is c1c[nH]c(CNc2nccn3cnnc23)n1. The Hall–Kier alpha value is -2.44. The van der Waals surface area contributed by atoms with E-state index in [2.05, 4.69) is 30.5 Å². The molecular weight excluding hydrogens is 206 g/mol. The van der Waals surface area contributed by atoms with E-state index in [1.807, 2.05) is 0 Å². The first kappa shape index (κ1) is 8.84. The van der Waals surface area contributed by atoms with Gasteiger partial charge in [0.1, 0.15) is 12.2 Å². The Balaban J connectivity index is 1.86. The second-order valence-electron chi connectivity index (χ2n) is 3.23. The largest absolute Gasteiger partial charge is 0.360 e. The Morgan fingerprint density at radius 3 is 3.19 bits per heavy atom. The van der Waals surface area contributed by atoms with Crippen molar-refractivity contribution < 1.29 is 0 Å². The fourth-order valence-corrected chi connectivity index (χ4v) is 1.45. The number of hydrogen-bond acceptors (Lipinski definition) is 5. The second-order valence-corrected chi connectivity index (χ2v) is 3.23. The Labute approximate surface area is 90.6 Å². The lowest BCUT2D eigenvalue weighted by atomic mass is 10.5. The van der Waals surface area contributed by atoms with Gasteiger partial charge in [-0.05, 0) is 0 Å². The molecule has 3 aromatic heterocycles. The highest BCUT2D eigenvalue weighted by atomic mass is 15.2. The molecule has 3 rings (SSSR count). The third-order valence-electron chi connectivity index (χ3n) is 2.19. The van der Waals surface area contributed by atoms with Crippen LogP contribution in [0.2, 0.25) is 0 Å². The number of nitrogens with one attached hydrogen (secondary N) is 2. The number of rotatable bonds is 3. The first-order chi connectivity index (χ1) is 7.93. The highest BCUT2D eigenvalue weighted by Crippen LogP contribution is 2.10. The third-order valence-corrected chi connectivity index (χ3v) is 2.19. The molecule has 0 radical (unpaired) electrons. The van der Waals surface area contributed by atoms with E-state index in [1.165, 1.54) is 0 Å². The quantitative estimate of drug-likeness (QED) is 0.663. The number of aromatic nitrogens is 6. The zero-order valence-electron chi connectivity index (χ0n) is 8.33. The maximum absolute atomic E-state index is 4.20. The third kappa shape index (κ3) is 1.48. The highest BCUT2D eigenvalue weighted by Gasteiger charge is 2.04. The minimum absolute atomic E-state index is 0.576. The molecular formula is C9H9N7. The van der Waals surface area contributed by atoms with Gasteiger partial charge in [0.2, 0.25) is 5.65 Å². The molecule has 16 heavy (non-hydrogen) atoms. The van der Waals surface area contributed by atoms with Crippen molar-refractivity contribution in [3.8, 4) is 0 Å². The lowest BCUT2D eigenvalue weighted by Crippen LogP contribution is -2.04. The molecule has 7 heteroatoms. The molecule has 0 aliphatic rings. The van der Waals surface area contributed by atoms with Crippen LogP contribution in [0.5, 0.6) is 0 Å². The molecule has 0 amide bonds. The summed E-state index contributed by atoms with van der Waals surface area (Å²) in [7, 11) is 0. The van der Waals surface area contributed by atoms with Crippen LogP contribution in [0.1, 0.15) is 5.82 Å². The van der Waals surface area contributed by atoms with E-state index in [0.717, 1.165) is 5.82 Å². The van der Waals surface area contributed by atoms with E-state index in [9.17, 15) is 0 Å². The minimum Gasteiger partial charge on any atom is -0.360 e. The molecule has 0 fully saturated rings. The summed E-state index contributed by atoms with van der Waals surface area (Å²) in [5, 5.41) is 10.9. The van der Waals surface area contributed by atoms with E-state index >= 15 is 0 Å². The minimum atomic E-state index is 0.576. The lowest BCUT2D eigenvalue weighted by molar-refractivity contribution is 0.981. The molecule has 80 valence electrons. The Morgan fingerprint density at radius 1 is 1.31 bits per heavy atom. The molecule has 0 aliphatic carbocycles. The smallest absolute Gasteiger partial charge is 0.203 e. The van der Waals surface area contributed by atoms with Gasteiger partial charge in [-0.15, -0.1) is 10.2 Å². The molecule has 3 aromatic rings. The van der Waals surface area contributed by atoms with Gasteiger partial charge in [0.05, 0.1) is 6.54 Å². The lowest BCUT2D eigenvalue weighted by Gasteiger charge is -2.03. The fraction of sp³-hybridized carbons (Fsp3) is 0.111. The van der Waals surface area contributed by atoms with Crippen molar-refractivity contribution in [3.05, 3.63) is 36.9 Å². The Bertz CT molecular complexity index is 583. The summed E-state index contributed by atoms with van der Waals surface area (Å²) in [6.07, 6.45) is 8.62. The number of fused-ring (bicyclic) bond motifs is 1. The van der Waals surface area contributed by atoms with Crippen molar-refractivity contribution in [1.29, 1.82) is 0 Å². The first-order valence-corrected chi connectivity index (χ1v) is 4.80. The summed E-state index contributed by atoms with van der Waals surface area (Å²) >= 11 is 0. The predicted octanol–water partition coefficient (Wildman–Crippen LogP) is 0.459. The van der Waals surface area contributed by atoms with Crippen LogP contribution in [0.15, 0.2) is 31.1 Å².